The lowest BCUT2D eigenvalue weighted by Gasteiger charge is -2.33. The Morgan fingerprint density at radius 3 is 2.30 bits per heavy atom. The zero-order valence-corrected chi connectivity index (χ0v) is 22.5. The first-order chi connectivity index (χ1) is 17.5. The van der Waals surface area contributed by atoms with E-state index in [0.29, 0.717) is 29.6 Å². The Hall–Kier alpha value is -3.51. The van der Waals surface area contributed by atoms with E-state index in [4.69, 9.17) is 5.26 Å². The van der Waals surface area contributed by atoms with Gasteiger partial charge in [-0.2, -0.15) is 9.57 Å². The van der Waals surface area contributed by atoms with E-state index in [1.54, 1.807) is 17.5 Å². The van der Waals surface area contributed by atoms with E-state index in [1.807, 2.05) is 11.0 Å². The van der Waals surface area contributed by atoms with Crippen LogP contribution in [0.5, 0.6) is 0 Å². The highest BCUT2D eigenvalue weighted by Gasteiger charge is 2.29. The summed E-state index contributed by atoms with van der Waals surface area (Å²) in [5.74, 6) is -0.528. The fourth-order valence-corrected chi connectivity index (χ4v) is 6.50. The van der Waals surface area contributed by atoms with Gasteiger partial charge in [0.25, 0.3) is 5.91 Å². The number of thiazole rings is 1. The van der Waals surface area contributed by atoms with Crippen molar-refractivity contribution in [1.29, 1.82) is 5.26 Å². The predicted octanol–water partition coefficient (Wildman–Crippen LogP) is 2.17. The average molecular weight is 561 g/mol. The number of aromatic nitrogens is 1. The molecule has 2 heterocycles. The van der Waals surface area contributed by atoms with Gasteiger partial charge in [-0.05, 0) is 36.4 Å². The lowest BCUT2D eigenvalue weighted by molar-refractivity contribution is 0.102. The first-order valence-corrected chi connectivity index (χ1v) is 15.2. The summed E-state index contributed by atoms with van der Waals surface area (Å²) in [5.41, 5.74) is 1.09. The van der Waals surface area contributed by atoms with Crippen LogP contribution in [-0.2, 0) is 20.0 Å². The fourth-order valence-electron chi connectivity index (χ4n) is 3.76. The molecule has 1 saturated heterocycles. The lowest BCUT2D eigenvalue weighted by atomic mass is 10.1. The van der Waals surface area contributed by atoms with Crippen LogP contribution in [-0.4, -0.2) is 71.5 Å². The van der Waals surface area contributed by atoms with Gasteiger partial charge in [-0.15, -0.1) is 11.3 Å². The van der Waals surface area contributed by atoms with E-state index in [2.05, 4.69) is 10.3 Å². The van der Waals surface area contributed by atoms with E-state index < -0.39 is 26.0 Å². The van der Waals surface area contributed by atoms with E-state index in [1.165, 1.54) is 59.1 Å². The van der Waals surface area contributed by atoms with Gasteiger partial charge in [-0.1, -0.05) is 12.1 Å². The number of para-hydroxylation sites is 1. The topological polar surface area (TPSA) is 144 Å². The third-order valence-corrected chi connectivity index (χ3v) is 9.86. The number of hydrogen-bond donors (Lipinski definition) is 1. The minimum Gasteiger partial charge on any atom is -0.345 e. The van der Waals surface area contributed by atoms with Crippen LogP contribution in [0.1, 0.15) is 16.1 Å². The molecule has 0 saturated carbocycles. The highest BCUT2D eigenvalue weighted by atomic mass is 32.2. The zero-order valence-electron chi connectivity index (χ0n) is 20.0. The van der Waals surface area contributed by atoms with Crippen molar-refractivity contribution in [3.63, 3.8) is 0 Å². The Labute approximate surface area is 219 Å². The van der Waals surface area contributed by atoms with Crippen LogP contribution >= 0.6 is 11.3 Å². The minimum atomic E-state index is -3.75. The number of sulfonamides is 2. The van der Waals surface area contributed by atoms with Gasteiger partial charge in [0.1, 0.15) is 6.07 Å². The number of carbonyl (C=O) groups excluding carboxylic acids is 1. The maximum Gasteiger partial charge on any atom is 0.257 e. The number of carbonyl (C=O) groups is 1. The van der Waals surface area contributed by atoms with Crippen LogP contribution in [0.2, 0.25) is 0 Å². The summed E-state index contributed by atoms with van der Waals surface area (Å²) in [6.07, 6.45) is 1.05. The van der Waals surface area contributed by atoms with Crippen molar-refractivity contribution in [2.24, 2.45) is 0 Å². The molecule has 0 bridgehead atoms. The third kappa shape index (κ3) is 5.75. The van der Waals surface area contributed by atoms with Gasteiger partial charge in [0.2, 0.25) is 20.0 Å². The molecule has 0 atom stereocenters. The smallest absolute Gasteiger partial charge is 0.257 e. The molecule has 37 heavy (non-hydrogen) atoms. The molecule has 0 aliphatic carbocycles. The SMILES string of the molecule is CN(c1ccccc1C(=O)Nc1ccc(S(=O)(=O)N2CCN(c3nc(C#N)cs3)CC2)cc1)S(C)(=O)=O. The Kier molecular flexibility index (Phi) is 7.51. The molecule has 2 aromatic carbocycles. The van der Waals surface area contributed by atoms with Crippen molar-refractivity contribution in [1.82, 2.24) is 9.29 Å². The van der Waals surface area contributed by atoms with Crippen molar-refractivity contribution in [2.75, 3.05) is 54.0 Å². The molecule has 0 spiro atoms. The van der Waals surface area contributed by atoms with Crippen LogP contribution in [0, 0.1) is 11.3 Å². The van der Waals surface area contributed by atoms with E-state index in [9.17, 15) is 21.6 Å². The predicted molar refractivity (Wildman–Crippen MR) is 142 cm³/mol. The van der Waals surface area contributed by atoms with Gasteiger partial charge in [0.15, 0.2) is 10.8 Å². The Morgan fingerprint density at radius 2 is 1.70 bits per heavy atom. The van der Waals surface area contributed by atoms with E-state index >= 15 is 0 Å². The quantitative estimate of drug-likeness (QED) is 0.463. The average Bonchev–Trinajstić information content (AvgIpc) is 3.37. The summed E-state index contributed by atoms with van der Waals surface area (Å²) in [6.45, 7) is 1.44. The van der Waals surface area contributed by atoms with E-state index in [0.717, 1.165) is 10.6 Å². The van der Waals surface area contributed by atoms with Gasteiger partial charge >= 0.3 is 0 Å². The van der Waals surface area contributed by atoms with E-state index in [-0.39, 0.29) is 29.2 Å². The first-order valence-electron chi connectivity index (χ1n) is 11.1. The normalized spacial score (nSPS) is 14.7. The first kappa shape index (κ1) is 26.6. The fraction of sp³-hybridized carbons (Fsp3) is 0.261. The van der Waals surface area contributed by atoms with Crippen LogP contribution < -0.4 is 14.5 Å². The summed E-state index contributed by atoms with van der Waals surface area (Å²) in [7, 11) is -5.96. The number of benzene rings is 2. The zero-order chi connectivity index (χ0) is 26.8. The maximum absolute atomic E-state index is 13.2. The molecule has 3 aromatic rings. The molecular weight excluding hydrogens is 536 g/mol. The molecule has 11 nitrogen and oxygen atoms in total. The summed E-state index contributed by atoms with van der Waals surface area (Å²) in [5, 5.41) is 14.0. The van der Waals surface area contributed by atoms with Gasteiger partial charge in [0, 0.05) is 44.3 Å². The lowest BCUT2D eigenvalue weighted by Crippen LogP contribution is -2.48. The largest absolute Gasteiger partial charge is 0.345 e. The minimum absolute atomic E-state index is 0.0946. The molecule has 0 radical (unpaired) electrons. The molecular formula is C23H24N6O5S3. The molecule has 14 heteroatoms. The highest BCUT2D eigenvalue weighted by molar-refractivity contribution is 7.92. The van der Waals surface area contributed by atoms with Crippen LogP contribution in [0.3, 0.4) is 0 Å². The Morgan fingerprint density at radius 1 is 1.05 bits per heavy atom. The number of hydrogen-bond acceptors (Lipinski definition) is 9. The van der Waals surface area contributed by atoms with Crippen molar-refractivity contribution in [2.45, 2.75) is 4.90 Å². The number of rotatable bonds is 7. The molecule has 1 aliphatic rings. The van der Waals surface area contributed by atoms with Gasteiger partial charge in [-0.3, -0.25) is 9.10 Å². The van der Waals surface area contributed by atoms with Crippen molar-refractivity contribution >= 4 is 53.8 Å². The number of nitrogens with zero attached hydrogens (tertiary/aromatic N) is 5. The van der Waals surface area contributed by atoms with Gasteiger partial charge in [0.05, 0.1) is 22.4 Å². The second kappa shape index (κ2) is 10.5. The maximum atomic E-state index is 13.2. The monoisotopic (exact) mass is 560 g/mol. The standard InChI is InChI=1S/C23H24N6O5S3/c1-27(36(2,31)32)21-6-4-3-5-20(21)22(30)25-17-7-9-19(10-8-17)37(33,34)29-13-11-28(12-14-29)23-26-18(15-24)16-35-23/h3-10,16H,11-14H2,1-2H3,(H,25,30). The Bertz CT molecular complexity index is 1550. The summed E-state index contributed by atoms with van der Waals surface area (Å²) >= 11 is 1.35. The van der Waals surface area contributed by atoms with Crippen LogP contribution in [0.4, 0.5) is 16.5 Å². The molecule has 194 valence electrons. The number of piperazine rings is 1. The number of anilines is 3. The number of nitrogens with one attached hydrogen (secondary N) is 1. The van der Waals surface area contributed by atoms with Crippen molar-refractivity contribution in [3.05, 3.63) is 65.2 Å². The molecule has 1 fully saturated rings. The number of nitriles is 1. The third-order valence-electron chi connectivity index (χ3n) is 5.85. The molecule has 1 N–H and O–H groups in total. The molecule has 1 amide bonds. The highest BCUT2D eigenvalue weighted by Crippen LogP contribution is 2.26. The summed E-state index contributed by atoms with van der Waals surface area (Å²) < 4.78 is 52.6. The summed E-state index contributed by atoms with van der Waals surface area (Å²) in [4.78, 5) is 19.2. The van der Waals surface area contributed by atoms with Crippen LogP contribution in [0.15, 0.2) is 58.8 Å². The van der Waals surface area contributed by atoms with Crippen LogP contribution in [0.25, 0.3) is 0 Å². The van der Waals surface area contributed by atoms with Gasteiger partial charge < -0.3 is 10.2 Å². The molecule has 1 aromatic heterocycles. The second-order valence-corrected chi connectivity index (χ2v) is 13.0. The molecule has 4 rings (SSSR count). The van der Waals surface area contributed by atoms with Gasteiger partial charge in [-0.25, -0.2) is 21.8 Å². The van der Waals surface area contributed by atoms with Crippen molar-refractivity contribution < 1.29 is 21.6 Å². The number of amides is 1. The Balaban J connectivity index is 1.43. The molecule has 1 aliphatic heterocycles. The second-order valence-electron chi connectivity index (χ2n) is 8.24. The molecule has 0 unspecified atom stereocenters. The van der Waals surface area contributed by atoms with Crippen molar-refractivity contribution in [3.8, 4) is 6.07 Å². The summed E-state index contributed by atoms with van der Waals surface area (Å²) in [6, 6.07) is 14.1.